The van der Waals surface area contributed by atoms with Crippen LogP contribution in [-0.2, 0) is 4.74 Å². The summed E-state index contributed by atoms with van der Waals surface area (Å²) < 4.78 is 5.17. The maximum atomic E-state index is 12.2. The van der Waals surface area contributed by atoms with Crippen LogP contribution >= 0.6 is 0 Å². The highest BCUT2D eigenvalue weighted by Crippen LogP contribution is 2.34. The summed E-state index contributed by atoms with van der Waals surface area (Å²) in [6, 6.07) is 18.3. The van der Waals surface area contributed by atoms with Gasteiger partial charge in [-0.15, -0.1) is 0 Å². The van der Waals surface area contributed by atoms with Crippen LogP contribution in [0.1, 0.15) is 21.5 Å². The van der Waals surface area contributed by atoms with E-state index in [1.54, 1.807) is 6.08 Å². The maximum absolute atomic E-state index is 12.2. The average molecular weight is 316 g/mol. The molecule has 0 N–H and O–H groups in total. The molecule has 0 fully saturated rings. The van der Waals surface area contributed by atoms with Crippen LogP contribution in [-0.4, -0.2) is 12.6 Å². The number of hydrogen-bond acceptors (Lipinski definition) is 2. The normalized spacial score (nSPS) is 10.6. The molecule has 2 nitrogen and oxygen atoms in total. The minimum atomic E-state index is -0.325. The third-order valence-electron chi connectivity index (χ3n) is 4.21. The van der Waals surface area contributed by atoms with E-state index in [0.717, 1.165) is 11.1 Å². The van der Waals surface area contributed by atoms with Gasteiger partial charge < -0.3 is 4.74 Å². The van der Waals surface area contributed by atoms with Crippen LogP contribution in [0.15, 0.2) is 67.3 Å². The van der Waals surface area contributed by atoms with Crippen molar-refractivity contribution in [2.45, 2.75) is 13.8 Å². The number of carbonyl (C=O) groups is 1. The van der Waals surface area contributed by atoms with Crippen molar-refractivity contribution >= 4 is 16.7 Å². The first kappa shape index (κ1) is 16.0. The summed E-state index contributed by atoms with van der Waals surface area (Å²) in [4.78, 5) is 12.2. The first-order chi connectivity index (χ1) is 11.6. The summed E-state index contributed by atoms with van der Waals surface area (Å²) in [5.41, 5.74) is 5.12. The van der Waals surface area contributed by atoms with Crippen molar-refractivity contribution in [3.05, 3.63) is 83.9 Å². The zero-order valence-electron chi connectivity index (χ0n) is 14.0. The first-order valence-electron chi connectivity index (χ1n) is 7.99. The third-order valence-corrected chi connectivity index (χ3v) is 4.21. The number of hydrogen-bond donors (Lipinski definition) is 0. The molecule has 0 spiro atoms. The van der Waals surface area contributed by atoms with Crippen molar-refractivity contribution in [2.24, 2.45) is 0 Å². The minimum absolute atomic E-state index is 0.218. The second-order valence-corrected chi connectivity index (χ2v) is 5.90. The zero-order valence-corrected chi connectivity index (χ0v) is 14.0. The van der Waals surface area contributed by atoms with Gasteiger partial charge in [0.15, 0.2) is 0 Å². The molecule has 0 bridgehead atoms. The molecule has 24 heavy (non-hydrogen) atoms. The highest BCUT2D eigenvalue weighted by Gasteiger charge is 2.14. The summed E-state index contributed by atoms with van der Waals surface area (Å²) in [5, 5.41) is 2.38. The molecule has 0 aromatic heterocycles. The molecular formula is C22H20O2. The molecule has 3 aromatic rings. The third kappa shape index (κ3) is 2.95. The Labute approximate surface area is 142 Å². The molecule has 0 aliphatic rings. The number of ether oxygens (including phenoxy) is 1. The highest BCUT2D eigenvalue weighted by atomic mass is 16.5. The second-order valence-electron chi connectivity index (χ2n) is 5.90. The summed E-state index contributed by atoms with van der Waals surface area (Å²) in [5.74, 6) is -0.325. The summed E-state index contributed by atoms with van der Waals surface area (Å²) in [7, 11) is 0. The van der Waals surface area contributed by atoms with Crippen LogP contribution < -0.4 is 0 Å². The molecule has 2 heteroatoms. The lowest BCUT2D eigenvalue weighted by atomic mass is 9.90. The predicted octanol–water partition coefficient (Wildman–Crippen LogP) is 5.47. The molecule has 0 aliphatic carbocycles. The molecule has 0 heterocycles. The van der Waals surface area contributed by atoms with Gasteiger partial charge in [-0.25, -0.2) is 4.79 Å². The van der Waals surface area contributed by atoms with Crippen molar-refractivity contribution in [2.75, 3.05) is 6.61 Å². The SMILES string of the molecule is C=CCOC(=O)c1ccc(C)c(-c2c(C)ccc3ccccc23)c1. The van der Waals surface area contributed by atoms with E-state index in [-0.39, 0.29) is 12.6 Å². The van der Waals surface area contributed by atoms with Crippen LogP contribution in [0.25, 0.3) is 21.9 Å². The molecule has 0 aliphatic heterocycles. The van der Waals surface area contributed by atoms with Gasteiger partial charge in [-0.3, -0.25) is 0 Å². The number of rotatable bonds is 4. The Morgan fingerprint density at radius 3 is 2.58 bits per heavy atom. The summed E-state index contributed by atoms with van der Waals surface area (Å²) in [6.07, 6.45) is 1.57. The van der Waals surface area contributed by atoms with Gasteiger partial charge in [-0.1, -0.05) is 55.1 Å². The van der Waals surface area contributed by atoms with Crippen molar-refractivity contribution in [3.8, 4) is 11.1 Å². The van der Waals surface area contributed by atoms with Gasteiger partial charge in [-0.05, 0) is 59.0 Å². The van der Waals surface area contributed by atoms with E-state index in [9.17, 15) is 4.79 Å². The largest absolute Gasteiger partial charge is 0.458 e. The van der Waals surface area contributed by atoms with Crippen LogP contribution in [0.3, 0.4) is 0 Å². The first-order valence-corrected chi connectivity index (χ1v) is 7.99. The fourth-order valence-electron chi connectivity index (χ4n) is 2.97. The molecule has 0 unspecified atom stereocenters. The molecule has 0 amide bonds. The smallest absolute Gasteiger partial charge is 0.338 e. The topological polar surface area (TPSA) is 26.3 Å². The van der Waals surface area contributed by atoms with E-state index in [0.29, 0.717) is 5.56 Å². The van der Waals surface area contributed by atoms with Gasteiger partial charge in [0.1, 0.15) is 6.61 Å². The van der Waals surface area contributed by atoms with Crippen LogP contribution in [0.2, 0.25) is 0 Å². The number of benzene rings is 3. The van der Waals surface area contributed by atoms with E-state index in [1.807, 2.05) is 30.3 Å². The minimum Gasteiger partial charge on any atom is -0.458 e. The Balaban J connectivity index is 2.18. The summed E-state index contributed by atoms with van der Waals surface area (Å²) >= 11 is 0. The number of fused-ring (bicyclic) bond motifs is 1. The monoisotopic (exact) mass is 316 g/mol. The van der Waals surface area contributed by atoms with Crippen LogP contribution in [0.5, 0.6) is 0 Å². The number of aryl methyl sites for hydroxylation is 2. The van der Waals surface area contributed by atoms with E-state index < -0.39 is 0 Å². The van der Waals surface area contributed by atoms with Crippen LogP contribution in [0.4, 0.5) is 0 Å². The van der Waals surface area contributed by atoms with Gasteiger partial charge in [-0.2, -0.15) is 0 Å². The molecule has 3 aromatic carbocycles. The Morgan fingerprint density at radius 2 is 1.79 bits per heavy atom. The molecule has 120 valence electrons. The van der Waals surface area contributed by atoms with E-state index in [4.69, 9.17) is 4.74 Å². The molecule has 0 saturated carbocycles. The summed E-state index contributed by atoms with van der Waals surface area (Å²) in [6.45, 7) is 7.96. The van der Waals surface area contributed by atoms with Crippen molar-refractivity contribution < 1.29 is 9.53 Å². The van der Waals surface area contributed by atoms with E-state index in [1.165, 1.54) is 21.9 Å². The quantitative estimate of drug-likeness (QED) is 0.471. The fourth-order valence-corrected chi connectivity index (χ4v) is 2.97. The lowest BCUT2D eigenvalue weighted by Crippen LogP contribution is -2.05. The van der Waals surface area contributed by atoms with Gasteiger partial charge in [0, 0.05) is 0 Å². The van der Waals surface area contributed by atoms with E-state index >= 15 is 0 Å². The van der Waals surface area contributed by atoms with Gasteiger partial charge >= 0.3 is 5.97 Å². The fraction of sp³-hybridized carbons (Fsp3) is 0.136. The van der Waals surface area contributed by atoms with Crippen molar-refractivity contribution in [1.29, 1.82) is 0 Å². The van der Waals surface area contributed by atoms with Gasteiger partial charge in [0.2, 0.25) is 0 Å². The van der Waals surface area contributed by atoms with Gasteiger partial charge in [0.25, 0.3) is 0 Å². The molecule has 0 atom stereocenters. The molecular weight excluding hydrogens is 296 g/mol. The van der Waals surface area contributed by atoms with E-state index in [2.05, 4.69) is 44.7 Å². The molecule has 3 rings (SSSR count). The lowest BCUT2D eigenvalue weighted by molar-refractivity contribution is 0.0550. The Hall–Kier alpha value is -2.87. The number of esters is 1. The average Bonchev–Trinajstić information content (AvgIpc) is 2.60. The maximum Gasteiger partial charge on any atom is 0.338 e. The Morgan fingerprint density at radius 1 is 1.04 bits per heavy atom. The predicted molar refractivity (Wildman–Crippen MR) is 99.3 cm³/mol. The highest BCUT2D eigenvalue weighted by molar-refractivity contribution is 6.00. The van der Waals surface area contributed by atoms with Crippen LogP contribution in [0, 0.1) is 13.8 Å². The Kier molecular flexibility index (Phi) is 4.48. The zero-order chi connectivity index (χ0) is 17.1. The molecule has 0 saturated heterocycles. The standard InChI is InChI=1S/C22H20O2/c1-4-13-24-22(23)18-12-9-15(2)20(14-18)21-16(3)10-11-17-7-5-6-8-19(17)21/h4-12,14H,1,13H2,2-3H3. The Bertz CT molecular complexity index is 922. The number of carbonyl (C=O) groups excluding carboxylic acids is 1. The lowest BCUT2D eigenvalue weighted by Gasteiger charge is -2.14. The molecule has 0 radical (unpaired) electrons. The van der Waals surface area contributed by atoms with Crippen molar-refractivity contribution in [3.63, 3.8) is 0 Å². The van der Waals surface area contributed by atoms with Crippen molar-refractivity contribution in [1.82, 2.24) is 0 Å². The second kappa shape index (κ2) is 6.71. The van der Waals surface area contributed by atoms with Gasteiger partial charge in [0.05, 0.1) is 5.56 Å².